The molecule has 3 nitrogen and oxygen atoms in total. The molecule has 1 aromatic carbocycles. The minimum atomic E-state index is -0.721. The van der Waals surface area contributed by atoms with E-state index >= 15 is 0 Å². The first-order valence-electron chi connectivity index (χ1n) is 6.99. The zero-order chi connectivity index (χ0) is 14.0. The molecule has 0 aliphatic carbocycles. The molecule has 2 rings (SSSR count). The second kappa shape index (κ2) is 5.74. The summed E-state index contributed by atoms with van der Waals surface area (Å²) in [5.74, 6) is -0.133. The molecule has 104 valence electrons. The highest BCUT2D eigenvalue weighted by Crippen LogP contribution is 2.33. The number of aliphatic carboxylic acids is 1. The van der Waals surface area contributed by atoms with E-state index in [-0.39, 0.29) is 6.54 Å². The zero-order valence-corrected chi connectivity index (χ0v) is 12.1. The van der Waals surface area contributed by atoms with Crippen molar-refractivity contribution in [1.82, 2.24) is 4.90 Å². The van der Waals surface area contributed by atoms with Crippen LogP contribution in [0.5, 0.6) is 0 Å². The van der Waals surface area contributed by atoms with E-state index in [9.17, 15) is 4.79 Å². The normalized spacial score (nSPS) is 17.6. The fourth-order valence-corrected chi connectivity index (χ4v) is 3.41. The number of benzene rings is 1. The SMILES string of the molecule is Cc1cc(C)c(C2CCN(CC(=O)O)CC2)c(C)c1. The van der Waals surface area contributed by atoms with Gasteiger partial charge in [0.2, 0.25) is 0 Å². The van der Waals surface area contributed by atoms with E-state index in [1.807, 2.05) is 4.90 Å². The van der Waals surface area contributed by atoms with Crippen LogP contribution in [0.3, 0.4) is 0 Å². The van der Waals surface area contributed by atoms with Gasteiger partial charge >= 0.3 is 5.97 Å². The topological polar surface area (TPSA) is 40.5 Å². The summed E-state index contributed by atoms with van der Waals surface area (Å²) in [6.07, 6.45) is 2.13. The number of carboxylic acid groups (broad SMARTS) is 1. The van der Waals surface area contributed by atoms with Gasteiger partial charge in [0.15, 0.2) is 0 Å². The second-order valence-corrected chi connectivity index (χ2v) is 5.76. The first-order chi connectivity index (χ1) is 8.97. The molecule has 1 aliphatic heterocycles. The van der Waals surface area contributed by atoms with E-state index in [1.54, 1.807) is 0 Å². The molecule has 0 amide bonds. The van der Waals surface area contributed by atoms with Gasteiger partial charge in [-0.25, -0.2) is 0 Å². The van der Waals surface area contributed by atoms with Crippen molar-refractivity contribution in [2.24, 2.45) is 0 Å². The van der Waals surface area contributed by atoms with Crippen LogP contribution in [0.1, 0.15) is 41.0 Å². The largest absolute Gasteiger partial charge is 0.480 e. The van der Waals surface area contributed by atoms with Crippen molar-refractivity contribution in [1.29, 1.82) is 0 Å². The Bertz CT molecular complexity index is 451. The summed E-state index contributed by atoms with van der Waals surface area (Å²) in [7, 11) is 0. The average Bonchev–Trinajstić information content (AvgIpc) is 2.29. The van der Waals surface area contributed by atoms with Crippen LogP contribution in [0.15, 0.2) is 12.1 Å². The Hall–Kier alpha value is -1.35. The summed E-state index contributed by atoms with van der Waals surface area (Å²) in [6.45, 7) is 8.49. The Morgan fingerprint density at radius 3 is 2.21 bits per heavy atom. The summed E-state index contributed by atoms with van der Waals surface area (Å²) in [5.41, 5.74) is 5.58. The van der Waals surface area contributed by atoms with Crippen molar-refractivity contribution in [3.05, 3.63) is 34.4 Å². The van der Waals surface area contributed by atoms with Crippen LogP contribution in [0.4, 0.5) is 0 Å². The minimum Gasteiger partial charge on any atom is -0.480 e. The highest BCUT2D eigenvalue weighted by Gasteiger charge is 2.24. The third-order valence-corrected chi connectivity index (χ3v) is 4.09. The van der Waals surface area contributed by atoms with Crippen LogP contribution >= 0.6 is 0 Å². The number of rotatable bonds is 3. The molecule has 1 saturated heterocycles. The number of aryl methyl sites for hydroxylation is 3. The van der Waals surface area contributed by atoms with Gasteiger partial charge in [-0.1, -0.05) is 17.7 Å². The standard InChI is InChI=1S/C16H23NO2/c1-11-8-12(2)16(13(3)9-11)14-4-6-17(7-5-14)10-15(18)19/h8-9,14H,4-7,10H2,1-3H3,(H,18,19). The molecule has 3 heteroatoms. The Kier molecular flexibility index (Phi) is 4.25. The molecule has 1 aromatic rings. The molecule has 0 saturated carbocycles. The van der Waals surface area contributed by atoms with Gasteiger partial charge in [-0.15, -0.1) is 0 Å². The first kappa shape index (κ1) is 14.1. The van der Waals surface area contributed by atoms with E-state index in [4.69, 9.17) is 5.11 Å². The summed E-state index contributed by atoms with van der Waals surface area (Å²) in [5, 5.41) is 8.83. The van der Waals surface area contributed by atoms with Crippen molar-refractivity contribution >= 4 is 5.97 Å². The summed E-state index contributed by atoms with van der Waals surface area (Å²) in [4.78, 5) is 12.8. The Balaban J connectivity index is 2.08. The van der Waals surface area contributed by atoms with E-state index in [0.29, 0.717) is 5.92 Å². The van der Waals surface area contributed by atoms with Crippen molar-refractivity contribution in [3.63, 3.8) is 0 Å². The van der Waals surface area contributed by atoms with Gasteiger partial charge < -0.3 is 5.11 Å². The lowest BCUT2D eigenvalue weighted by atomic mass is 9.83. The summed E-state index contributed by atoms with van der Waals surface area (Å²) < 4.78 is 0. The molecule has 0 radical (unpaired) electrons. The molecule has 0 atom stereocenters. The van der Waals surface area contributed by atoms with E-state index < -0.39 is 5.97 Å². The number of carbonyl (C=O) groups is 1. The number of piperidine rings is 1. The molecule has 1 fully saturated rings. The molecule has 0 unspecified atom stereocenters. The van der Waals surface area contributed by atoms with Gasteiger partial charge in [-0.05, 0) is 69.3 Å². The molecule has 1 N–H and O–H groups in total. The van der Waals surface area contributed by atoms with Gasteiger partial charge in [0, 0.05) is 0 Å². The van der Waals surface area contributed by atoms with Crippen molar-refractivity contribution < 1.29 is 9.90 Å². The second-order valence-electron chi connectivity index (χ2n) is 5.76. The van der Waals surface area contributed by atoms with Crippen LogP contribution in [0.25, 0.3) is 0 Å². The number of likely N-dealkylation sites (tertiary alicyclic amines) is 1. The maximum atomic E-state index is 10.7. The van der Waals surface area contributed by atoms with E-state index in [2.05, 4.69) is 32.9 Å². The fourth-order valence-electron chi connectivity index (χ4n) is 3.41. The lowest BCUT2D eigenvalue weighted by molar-refractivity contribution is -0.138. The van der Waals surface area contributed by atoms with Gasteiger partial charge in [-0.3, -0.25) is 9.69 Å². The van der Waals surface area contributed by atoms with Crippen LogP contribution < -0.4 is 0 Å². The van der Waals surface area contributed by atoms with Gasteiger partial charge in [-0.2, -0.15) is 0 Å². The quantitative estimate of drug-likeness (QED) is 0.909. The first-order valence-corrected chi connectivity index (χ1v) is 6.99. The number of hydrogen-bond acceptors (Lipinski definition) is 2. The predicted molar refractivity (Wildman–Crippen MR) is 76.7 cm³/mol. The molecule has 1 heterocycles. The Morgan fingerprint density at radius 1 is 1.21 bits per heavy atom. The molecular formula is C16H23NO2. The smallest absolute Gasteiger partial charge is 0.317 e. The van der Waals surface area contributed by atoms with Crippen molar-refractivity contribution in [2.45, 2.75) is 39.5 Å². The molecular weight excluding hydrogens is 238 g/mol. The Morgan fingerprint density at radius 2 is 1.74 bits per heavy atom. The lowest BCUT2D eigenvalue weighted by Crippen LogP contribution is -2.36. The minimum absolute atomic E-state index is 0.179. The fraction of sp³-hybridized carbons (Fsp3) is 0.562. The number of nitrogens with zero attached hydrogens (tertiary/aromatic N) is 1. The lowest BCUT2D eigenvalue weighted by Gasteiger charge is -2.32. The molecule has 0 aromatic heterocycles. The third-order valence-electron chi connectivity index (χ3n) is 4.09. The molecule has 0 spiro atoms. The van der Waals surface area contributed by atoms with Crippen LogP contribution in [0, 0.1) is 20.8 Å². The third kappa shape index (κ3) is 3.35. The van der Waals surface area contributed by atoms with Crippen LogP contribution in [-0.2, 0) is 4.79 Å². The number of carboxylic acids is 1. The molecule has 0 bridgehead atoms. The van der Waals surface area contributed by atoms with Gasteiger partial charge in [0.05, 0.1) is 6.54 Å². The predicted octanol–water partition coefficient (Wildman–Crippen LogP) is 2.88. The highest BCUT2D eigenvalue weighted by molar-refractivity contribution is 5.69. The highest BCUT2D eigenvalue weighted by atomic mass is 16.4. The van der Waals surface area contributed by atoms with E-state index in [1.165, 1.54) is 22.3 Å². The van der Waals surface area contributed by atoms with Crippen molar-refractivity contribution in [2.75, 3.05) is 19.6 Å². The van der Waals surface area contributed by atoms with Crippen LogP contribution in [-0.4, -0.2) is 35.6 Å². The van der Waals surface area contributed by atoms with E-state index in [0.717, 1.165) is 25.9 Å². The maximum Gasteiger partial charge on any atom is 0.317 e. The van der Waals surface area contributed by atoms with Crippen molar-refractivity contribution in [3.8, 4) is 0 Å². The number of hydrogen-bond donors (Lipinski definition) is 1. The van der Waals surface area contributed by atoms with Gasteiger partial charge in [0.25, 0.3) is 0 Å². The zero-order valence-electron chi connectivity index (χ0n) is 12.1. The average molecular weight is 261 g/mol. The molecule has 1 aliphatic rings. The van der Waals surface area contributed by atoms with Crippen LogP contribution in [0.2, 0.25) is 0 Å². The summed E-state index contributed by atoms with van der Waals surface area (Å²) >= 11 is 0. The monoisotopic (exact) mass is 261 g/mol. The summed E-state index contributed by atoms with van der Waals surface area (Å²) in [6, 6.07) is 4.51. The Labute approximate surface area is 115 Å². The molecule has 19 heavy (non-hydrogen) atoms. The maximum absolute atomic E-state index is 10.7. The van der Waals surface area contributed by atoms with Gasteiger partial charge in [0.1, 0.15) is 0 Å².